The van der Waals surface area contributed by atoms with Crippen LogP contribution in [-0.4, -0.2) is 52.1 Å². The molecule has 4 rings (SSSR count). The van der Waals surface area contributed by atoms with Gasteiger partial charge in [-0.2, -0.15) is 5.10 Å². The Labute approximate surface area is 169 Å². The summed E-state index contributed by atoms with van der Waals surface area (Å²) in [6, 6.07) is 9.05. The molecule has 0 aliphatic carbocycles. The first-order chi connectivity index (χ1) is 14.6. The maximum Gasteiger partial charge on any atom is 0.258 e. The van der Waals surface area contributed by atoms with Gasteiger partial charge in [-0.05, 0) is 53.6 Å². The predicted molar refractivity (Wildman–Crippen MR) is 108 cm³/mol. The molecule has 154 valence electrons. The van der Waals surface area contributed by atoms with Crippen LogP contribution >= 0.6 is 0 Å². The number of rotatable bonds is 6. The van der Waals surface area contributed by atoms with Crippen LogP contribution in [0, 0.1) is 5.82 Å². The van der Waals surface area contributed by atoms with Gasteiger partial charge in [0.1, 0.15) is 16.9 Å². The largest absolute Gasteiger partial charge is 0.380 e. The Bertz CT molecular complexity index is 1220. The maximum atomic E-state index is 13.4. The number of aromatic nitrogens is 4. The number of carbonyl (C=O) groups excluding carboxylic acids is 1. The molecule has 0 bridgehead atoms. The van der Waals surface area contributed by atoms with E-state index in [0.29, 0.717) is 53.1 Å². The molecule has 2 aromatic heterocycles. The lowest BCUT2D eigenvalue weighted by Gasteiger charge is -2.10. The first-order valence-corrected chi connectivity index (χ1v) is 9.20. The fraction of sp³-hybridized carbons (Fsp3) is 0.211. The van der Waals surface area contributed by atoms with E-state index in [4.69, 9.17) is 4.74 Å². The number of carbonyl (C=O) groups is 1. The van der Waals surface area contributed by atoms with Crippen molar-refractivity contribution >= 4 is 39.6 Å². The van der Waals surface area contributed by atoms with E-state index >= 15 is 0 Å². The van der Waals surface area contributed by atoms with Gasteiger partial charge in [-0.15, -0.1) is 0 Å². The SMILES string of the molecule is CCOCCN=C(NC(=O)c1ccc2nonc2c1)Nc1n[nH]c2cc(F)ccc12. The van der Waals surface area contributed by atoms with Gasteiger partial charge in [-0.25, -0.2) is 9.02 Å². The van der Waals surface area contributed by atoms with Crippen molar-refractivity contribution in [3.8, 4) is 0 Å². The van der Waals surface area contributed by atoms with Crippen molar-refractivity contribution in [3.63, 3.8) is 0 Å². The Hall–Kier alpha value is -3.86. The van der Waals surface area contributed by atoms with Crippen molar-refractivity contribution in [2.45, 2.75) is 6.92 Å². The molecule has 10 nitrogen and oxygen atoms in total. The Morgan fingerprint density at radius 3 is 2.97 bits per heavy atom. The van der Waals surface area contributed by atoms with E-state index in [1.54, 1.807) is 24.3 Å². The number of nitrogens with zero attached hydrogens (tertiary/aromatic N) is 4. The van der Waals surface area contributed by atoms with Crippen molar-refractivity contribution in [3.05, 3.63) is 47.8 Å². The van der Waals surface area contributed by atoms with Gasteiger partial charge in [-0.3, -0.25) is 20.2 Å². The minimum Gasteiger partial charge on any atom is -0.380 e. The maximum absolute atomic E-state index is 13.4. The standard InChI is InChI=1S/C19H18FN7O3/c1-2-29-8-7-21-19(22-17-13-5-4-12(20)10-15(13)24-25-17)23-18(28)11-3-6-14-16(9-11)27-30-26-14/h3-6,9-10H,2,7-8H2,1H3,(H3,21,22,23,24,25,28). The van der Waals surface area contributed by atoms with Gasteiger partial charge in [0, 0.05) is 17.6 Å². The number of halogens is 1. The van der Waals surface area contributed by atoms with Crippen LogP contribution in [0.3, 0.4) is 0 Å². The van der Waals surface area contributed by atoms with Crippen LogP contribution in [0.1, 0.15) is 17.3 Å². The number of anilines is 1. The molecule has 2 heterocycles. The van der Waals surface area contributed by atoms with Gasteiger partial charge in [0.25, 0.3) is 5.91 Å². The van der Waals surface area contributed by atoms with Crippen LogP contribution in [0.15, 0.2) is 46.0 Å². The van der Waals surface area contributed by atoms with E-state index in [-0.39, 0.29) is 11.8 Å². The molecule has 2 aromatic carbocycles. The fourth-order valence-electron chi connectivity index (χ4n) is 2.78. The molecule has 0 unspecified atom stereocenters. The molecule has 30 heavy (non-hydrogen) atoms. The molecule has 0 fully saturated rings. The number of hydrogen-bond acceptors (Lipinski definition) is 7. The first kappa shape index (κ1) is 19.5. The monoisotopic (exact) mass is 411 g/mol. The molecular formula is C19H18FN7O3. The third kappa shape index (κ3) is 4.25. The highest BCUT2D eigenvalue weighted by molar-refractivity contribution is 6.12. The van der Waals surface area contributed by atoms with Crippen molar-refractivity contribution in [2.75, 3.05) is 25.1 Å². The lowest BCUT2D eigenvalue weighted by molar-refractivity contribution is 0.0976. The molecule has 1 amide bonds. The van der Waals surface area contributed by atoms with Crippen LogP contribution in [0.2, 0.25) is 0 Å². The van der Waals surface area contributed by atoms with Crippen molar-refractivity contribution < 1.29 is 18.6 Å². The number of amides is 1. The highest BCUT2D eigenvalue weighted by Crippen LogP contribution is 2.21. The Morgan fingerprint density at radius 1 is 1.23 bits per heavy atom. The van der Waals surface area contributed by atoms with Gasteiger partial charge >= 0.3 is 0 Å². The molecule has 0 aliphatic rings. The minimum absolute atomic E-state index is 0.177. The molecule has 0 aliphatic heterocycles. The number of nitrogens with one attached hydrogen (secondary N) is 3. The summed E-state index contributed by atoms with van der Waals surface area (Å²) in [4.78, 5) is 17.1. The third-order valence-electron chi connectivity index (χ3n) is 4.22. The molecular weight excluding hydrogens is 393 g/mol. The van der Waals surface area contributed by atoms with Gasteiger partial charge in [0.2, 0.25) is 5.96 Å². The van der Waals surface area contributed by atoms with E-state index in [1.165, 1.54) is 12.1 Å². The highest BCUT2D eigenvalue weighted by atomic mass is 19.1. The summed E-state index contributed by atoms with van der Waals surface area (Å²) in [5.74, 6) is -0.213. The molecule has 0 spiro atoms. The summed E-state index contributed by atoms with van der Waals surface area (Å²) in [7, 11) is 0. The first-order valence-electron chi connectivity index (χ1n) is 9.20. The molecule has 11 heteroatoms. The smallest absolute Gasteiger partial charge is 0.258 e. The highest BCUT2D eigenvalue weighted by Gasteiger charge is 2.14. The lowest BCUT2D eigenvalue weighted by atomic mass is 10.2. The average Bonchev–Trinajstić information content (AvgIpc) is 3.37. The number of guanidine groups is 1. The molecule has 0 radical (unpaired) electrons. The zero-order chi connectivity index (χ0) is 20.9. The normalized spacial score (nSPS) is 11.9. The van der Waals surface area contributed by atoms with Crippen LogP contribution in [-0.2, 0) is 4.74 Å². The van der Waals surface area contributed by atoms with E-state index < -0.39 is 5.91 Å². The van der Waals surface area contributed by atoms with Crippen molar-refractivity contribution in [1.82, 2.24) is 25.8 Å². The lowest BCUT2D eigenvalue weighted by Crippen LogP contribution is -2.36. The van der Waals surface area contributed by atoms with Gasteiger partial charge in [0.15, 0.2) is 5.82 Å². The zero-order valence-electron chi connectivity index (χ0n) is 16.0. The summed E-state index contributed by atoms with van der Waals surface area (Å²) in [6.07, 6.45) is 0. The zero-order valence-corrected chi connectivity index (χ0v) is 16.0. The number of benzene rings is 2. The summed E-state index contributed by atoms with van der Waals surface area (Å²) in [5, 5.41) is 20.7. The molecule has 3 N–H and O–H groups in total. The predicted octanol–water partition coefficient (Wildman–Crippen LogP) is 2.47. The summed E-state index contributed by atoms with van der Waals surface area (Å²) >= 11 is 0. The van der Waals surface area contributed by atoms with E-state index in [0.717, 1.165) is 0 Å². The van der Waals surface area contributed by atoms with Crippen LogP contribution < -0.4 is 10.6 Å². The summed E-state index contributed by atoms with van der Waals surface area (Å²) < 4.78 is 23.4. The Morgan fingerprint density at radius 2 is 2.10 bits per heavy atom. The van der Waals surface area contributed by atoms with E-state index in [9.17, 15) is 9.18 Å². The average molecular weight is 411 g/mol. The van der Waals surface area contributed by atoms with Crippen molar-refractivity contribution in [2.24, 2.45) is 4.99 Å². The molecule has 0 saturated heterocycles. The van der Waals surface area contributed by atoms with Crippen molar-refractivity contribution in [1.29, 1.82) is 0 Å². The van der Waals surface area contributed by atoms with E-state index in [1.807, 2.05) is 6.92 Å². The van der Waals surface area contributed by atoms with E-state index in [2.05, 4.69) is 40.8 Å². The second kappa shape index (κ2) is 8.66. The number of hydrogen-bond donors (Lipinski definition) is 3. The van der Waals surface area contributed by atoms with Gasteiger partial charge < -0.3 is 10.1 Å². The van der Waals surface area contributed by atoms with Gasteiger partial charge in [-0.1, -0.05) is 0 Å². The minimum atomic E-state index is -0.409. The second-order valence-electron chi connectivity index (χ2n) is 6.24. The topological polar surface area (TPSA) is 130 Å². The molecule has 4 aromatic rings. The Kier molecular flexibility index (Phi) is 5.61. The number of H-pyrrole nitrogens is 1. The van der Waals surface area contributed by atoms with Crippen LogP contribution in [0.25, 0.3) is 21.9 Å². The molecule has 0 atom stereocenters. The van der Waals surface area contributed by atoms with Crippen LogP contribution in [0.4, 0.5) is 10.2 Å². The second-order valence-corrected chi connectivity index (χ2v) is 6.24. The van der Waals surface area contributed by atoms with Gasteiger partial charge in [0.05, 0.1) is 18.7 Å². The quantitative estimate of drug-likeness (QED) is 0.252. The summed E-state index contributed by atoms with van der Waals surface area (Å²) in [6.45, 7) is 3.15. The number of fused-ring (bicyclic) bond motifs is 2. The van der Waals surface area contributed by atoms with Crippen LogP contribution in [0.5, 0.6) is 0 Å². The third-order valence-corrected chi connectivity index (χ3v) is 4.22. The fourth-order valence-corrected chi connectivity index (χ4v) is 2.78. The summed E-state index contributed by atoms with van der Waals surface area (Å²) in [5.41, 5.74) is 1.88. The number of aromatic amines is 1. The molecule has 0 saturated carbocycles. The number of ether oxygens (including phenoxy) is 1. The Balaban J connectivity index is 1.56. The number of aliphatic imine (C=N–C) groups is 1.